The SMILES string of the molecule is CC(Cc1ccccc1)(C1=NC(c2ccccc2)C(c2ccccc2)(c2ccccc2)O1)C1=NC(c2ccccc2)C(c2ccccc2)(c2ccccc2)O1. The van der Waals surface area contributed by atoms with E-state index in [9.17, 15) is 0 Å². The first kappa shape index (κ1) is 34.3. The zero-order chi connectivity index (χ0) is 37.1. The molecule has 9 rings (SSSR count). The number of ether oxygens (including phenoxy) is 2. The highest BCUT2D eigenvalue weighted by atomic mass is 16.5. The second-order valence-electron chi connectivity index (χ2n) is 14.6. The number of hydrogen-bond acceptors (Lipinski definition) is 4. The Morgan fingerprint density at radius 2 is 0.673 bits per heavy atom. The Balaban J connectivity index is 1.29. The van der Waals surface area contributed by atoms with Gasteiger partial charge in [-0.05, 0) is 30.0 Å². The lowest BCUT2D eigenvalue weighted by Crippen LogP contribution is -2.44. The molecule has 0 saturated heterocycles. The van der Waals surface area contributed by atoms with Crippen LogP contribution in [0.3, 0.4) is 0 Å². The predicted molar refractivity (Wildman–Crippen MR) is 221 cm³/mol. The largest absolute Gasteiger partial charge is 0.461 e. The molecule has 0 bridgehead atoms. The monoisotopic (exact) mass is 714 g/mol. The summed E-state index contributed by atoms with van der Waals surface area (Å²) in [4.78, 5) is 11.4. The van der Waals surface area contributed by atoms with Crippen LogP contribution in [0.15, 0.2) is 222 Å². The number of benzene rings is 7. The van der Waals surface area contributed by atoms with Gasteiger partial charge in [0.15, 0.2) is 11.2 Å². The molecule has 2 heterocycles. The summed E-state index contributed by atoms with van der Waals surface area (Å²) in [6, 6.07) is 72.8. The molecular formula is C51H42N2O2. The van der Waals surface area contributed by atoms with Crippen molar-refractivity contribution >= 4 is 11.8 Å². The minimum atomic E-state index is -0.967. The van der Waals surface area contributed by atoms with Crippen molar-refractivity contribution in [2.45, 2.75) is 36.6 Å². The molecule has 2 unspecified atom stereocenters. The Kier molecular flexibility index (Phi) is 8.95. The Hall–Kier alpha value is -6.52. The van der Waals surface area contributed by atoms with Gasteiger partial charge in [-0.1, -0.05) is 212 Å². The first-order valence-electron chi connectivity index (χ1n) is 19.0. The zero-order valence-corrected chi connectivity index (χ0v) is 30.8. The van der Waals surface area contributed by atoms with Crippen LogP contribution < -0.4 is 0 Å². The predicted octanol–water partition coefficient (Wildman–Crippen LogP) is 11.5. The first-order chi connectivity index (χ1) is 27.1. The number of rotatable bonds is 10. The van der Waals surface area contributed by atoms with Gasteiger partial charge in [0.05, 0.1) is 0 Å². The maximum atomic E-state index is 7.65. The molecule has 0 aromatic heterocycles. The van der Waals surface area contributed by atoms with Gasteiger partial charge in [-0.15, -0.1) is 0 Å². The minimum Gasteiger partial charge on any atom is -0.461 e. The van der Waals surface area contributed by atoms with Gasteiger partial charge in [-0.25, -0.2) is 9.98 Å². The fraction of sp³-hybridized carbons (Fsp3) is 0.137. The molecule has 0 aliphatic carbocycles. The summed E-state index contributed by atoms with van der Waals surface area (Å²) in [7, 11) is 0. The molecule has 4 nitrogen and oxygen atoms in total. The Bertz CT molecular complexity index is 2170. The molecule has 7 aromatic carbocycles. The van der Waals surface area contributed by atoms with E-state index in [0.29, 0.717) is 18.2 Å². The van der Waals surface area contributed by atoms with E-state index < -0.39 is 28.7 Å². The molecule has 0 N–H and O–H groups in total. The molecule has 7 aromatic rings. The van der Waals surface area contributed by atoms with E-state index in [-0.39, 0.29) is 0 Å². The van der Waals surface area contributed by atoms with Gasteiger partial charge in [0, 0.05) is 22.3 Å². The van der Waals surface area contributed by atoms with E-state index in [1.54, 1.807) is 0 Å². The number of nitrogens with zero attached hydrogens (tertiary/aromatic N) is 2. The van der Waals surface area contributed by atoms with Crippen molar-refractivity contribution < 1.29 is 9.47 Å². The highest BCUT2D eigenvalue weighted by Crippen LogP contribution is 2.56. The van der Waals surface area contributed by atoms with Gasteiger partial charge in [-0.2, -0.15) is 0 Å². The molecule has 55 heavy (non-hydrogen) atoms. The summed E-state index contributed by atoms with van der Waals surface area (Å²) in [6.45, 7) is 2.19. The second-order valence-corrected chi connectivity index (χ2v) is 14.6. The highest BCUT2D eigenvalue weighted by molar-refractivity contribution is 6.07. The van der Waals surface area contributed by atoms with E-state index in [0.717, 1.165) is 38.9 Å². The zero-order valence-electron chi connectivity index (χ0n) is 30.8. The topological polar surface area (TPSA) is 43.2 Å². The molecule has 4 heteroatoms. The van der Waals surface area contributed by atoms with E-state index >= 15 is 0 Å². The Labute approximate surface area is 323 Å². The van der Waals surface area contributed by atoms with Crippen molar-refractivity contribution in [1.82, 2.24) is 0 Å². The van der Waals surface area contributed by atoms with Gasteiger partial charge >= 0.3 is 0 Å². The van der Waals surface area contributed by atoms with Crippen LogP contribution in [-0.2, 0) is 27.1 Å². The summed E-state index contributed by atoms with van der Waals surface area (Å²) in [5.41, 5.74) is 4.48. The molecule has 0 radical (unpaired) electrons. The van der Waals surface area contributed by atoms with Gasteiger partial charge in [0.2, 0.25) is 11.8 Å². The van der Waals surface area contributed by atoms with Crippen molar-refractivity contribution in [2.24, 2.45) is 15.4 Å². The van der Waals surface area contributed by atoms with Gasteiger partial charge in [-0.3, -0.25) is 0 Å². The standard InChI is InChI=1S/C51H42N2O2/c1-49(37-38-23-9-2-10-24-38,47-52-45(39-25-11-3-12-26-39)50(54-47,41-29-15-5-16-30-41)42-31-17-6-18-32-42)48-53-46(40-27-13-4-14-28-40)51(55-48,43-33-19-7-20-34-43)44-35-21-8-22-36-44/h2-36,45-46H,37H2,1H3. The Morgan fingerprint density at radius 3 is 0.982 bits per heavy atom. The third-order valence-corrected chi connectivity index (χ3v) is 11.2. The smallest absolute Gasteiger partial charge is 0.201 e. The summed E-state index contributed by atoms with van der Waals surface area (Å²) >= 11 is 0. The average Bonchev–Trinajstić information content (AvgIpc) is 3.89. The fourth-order valence-electron chi connectivity index (χ4n) is 8.48. The molecule has 268 valence electrons. The lowest BCUT2D eigenvalue weighted by atomic mass is 9.77. The van der Waals surface area contributed by atoms with Crippen LogP contribution in [-0.4, -0.2) is 11.8 Å². The average molecular weight is 715 g/mol. The highest BCUT2D eigenvalue weighted by Gasteiger charge is 2.59. The normalized spacial score (nSPS) is 19.3. The quantitative estimate of drug-likeness (QED) is 0.142. The summed E-state index contributed by atoms with van der Waals surface area (Å²) < 4.78 is 15.3. The van der Waals surface area contributed by atoms with Crippen LogP contribution in [0, 0.1) is 5.41 Å². The third-order valence-electron chi connectivity index (χ3n) is 11.2. The molecule has 0 amide bonds. The summed E-state index contributed by atoms with van der Waals surface area (Å²) in [6.07, 6.45) is 0.549. The van der Waals surface area contributed by atoms with E-state index in [4.69, 9.17) is 19.5 Å². The van der Waals surface area contributed by atoms with Gasteiger partial charge in [0.1, 0.15) is 17.5 Å². The molecule has 2 aliphatic rings. The molecule has 0 saturated carbocycles. The van der Waals surface area contributed by atoms with Gasteiger partial charge < -0.3 is 9.47 Å². The Morgan fingerprint density at radius 1 is 0.400 bits per heavy atom. The second kappa shape index (κ2) is 14.4. The van der Waals surface area contributed by atoms with Gasteiger partial charge in [0.25, 0.3) is 0 Å². The van der Waals surface area contributed by atoms with Crippen molar-refractivity contribution in [3.63, 3.8) is 0 Å². The lowest BCUT2D eigenvalue weighted by molar-refractivity contribution is 0.0712. The fourth-order valence-corrected chi connectivity index (χ4v) is 8.48. The first-order valence-corrected chi connectivity index (χ1v) is 19.0. The number of hydrogen-bond donors (Lipinski definition) is 0. The van der Waals surface area contributed by atoms with Crippen LogP contribution in [0.25, 0.3) is 0 Å². The van der Waals surface area contributed by atoms with Crippen LogP contribution in [0.4, 0.5) is 0 Å². The molecule has 2 aliphatic heterocycles. The minimum absolute atomic E-state index is 0.400. The summed E-state index contributed by atoms with van der Waals surface area (Å²) in [5.74, 6) is 1.17. The summed E-state index contributed by atoms with van der Waals surface area (Å²) in [5, 5.41) is 0. The number of aliphatic imine (C=N–C) groups is 2. The molecule has 0 spiro atoms. The molecular weight excluding hydrogens is 673 g/mol. The van der Waals surface area contributed by atoms with E-state index in [1.807, 2.05) is 36.4 Å². The van der Waals surface area contributed by atoms with Crippen LogP contribution in [0.5, 0.6) is 0 Å². The maximum absolute atomic E-state index is 7.65. The van der Waals surface area contributed by atoms with Crippen molar-refractivity contribution in [3.05, 3.63) is 251 Å². The maximum Gasteiger partial charge on any atom is 0.201 e. The third kappa shape index (κ3) is 5.95. The molecule has 0 fully saturated rings. The van der Waals surface area contributed by atoms with E-state index in [2.05, 4.69) is 183 Å². The van der Waals surface area contributed by atoms with Crippen LogP contribution in [0.1, 0.15) is 58.0 Å². The van der Waals surface area contributed by atoms with E-state index in [1.165, 1.54) is 0 Å². The molecule has 2 atom stereocenters. The van der Waals surface area contributed by atoms with Crippen molar-refractivity contribution in [1.29, 1.82) is 0 Å². The van der Waals surface area contributed by atoms with Crippen LogP contribution >= 0.6 is 0 Å². The lowest BCUT2D eigenvalue weighted by Gasteiger charge is -2.38. The van der Waals surface area contributed by atoms with Crippen molar-refractivity contribution in [3.8, 4) is 0 Å². The van der Waals surface area contributed by atoms with Crippen molar-refractivity contribution in [2.75, 3.05) is 0 Å². The van der Waals surface area contributed by atoms with Crippen LogP contribution in [0.2, 0.25) is 0 Å².